The van der Waals surface area contributed by atoms with Crippen molar-refractivity contribution in [3.63, 3.8) is 0 Å². The highest BCUT2D eigenvalue weighted by molar-refractivity contribution is 5.53. The third-order valence-electron chi connectivity index (χ3n) is 4.42. The summed E-state index contributed by atoms with van der Waals surface area (Å²) in [5.41, 5.74) is 5.39. The van der Waals surface area contributed by atoms with E-state index >= 15 is 0 Å². The van der Waals surface area contributed by atoms with E-state index in [0.29, 0.717) is 0 Å². The number of hydrazine groups is 1. The normalized spacial score (nSPS) is 18.7. The van der Waals surface area contributed by atoms with E-state index < -0.39 is 0 Å². The molecular formula is C17H20FN5. The Morgan fingerprint density at radius 2 is 1.96 bits per heavy atom. The zero-order valence-corrected chi connectivity index (χ0v) is 13.0. The van der Waals surface area contributed by atoms with Gasteiger partial charge in [-0.1, -0.05) is 6.07 Å². The second-order valence-corrected chi connectivity index (χ2v) is 6.05. The fourth-order valence-electron chi connectivity index (χ4n) is 3.20. The number of benzene rings is 1. The molecule has 0 amide bonds. The smallest absolute Gasteiger partial charge is 0.128 e. The first-order valence-corrected chi connectivity index (χ1v) is 7.96. The summed E-state index contributed by atoms with van der Waals surface area (Å²) in [5, 5.41) is 2.14. The van der Waals surface area contributed by atoms with Gasteiger partial charge >= 0.3 is 0 Å². The lowest BCUT2D eigenvalue weighted by Gasteiger charge is -2.37. The van der Waals surface area contributed by atoms with Crippen LogP contribution in [0.3, 0.4) is 0 Å². The van der Waals surface area contributed by atoms with Crippen LogP contribution < -0.4 is 10.3 Å². The number of piperazine rings is 1. The van der Waals surface area contributed by atoms with Crippen molar-refractivity contribution in [1.82, 2.24) is 14.9 Å². The second-order valence-electron chi connectivity index (χ2n) is 6.05. The number of fused-ring (bicyclic) bond motifs is 1. The number of nitrogens with one attached hydrogen (secondary N) is 1. The molecule has 0 bridgehead atoms. The number of hydrogen-bond acceptors (Lipinski definition) is 5. The van der Waals surface area contributed by atoms with Crippen LogP contribution in [0.2, 0.25) is 0 Å². The van der Waals surface area contributed by atoms with Crippen molar-refractivity contribution < 1.29 is 4.39 Å². The highest BCUT2D eigenvalue weighted by atomic mass is 19.1. The van der Waals surface area contributed by atoms with Crippen LogP contribution in [0.25, 0.3) is 0 Å². The van der Waals surface area contributed by atoms with Gasteiger partial charge in [-0.2, -0.15) is 0 Å². The monoisotopic (exact) mass is 313 g/mol. The van der Waals surface area contributed by atoms with E-state index in [2.05, 4.69) is 31.3 Å². The quantitative estimate of drug-likeness (QED) is 0.939. The van der Waals surface area contributed by atoms with Crippen molar-refractivity contribution in [2.45, 2.75) is 6.54 Å². The fourth-order valence-corrected chi connectivity index (χ4v) is 3.20. The van der Waals surface area contributed by atoms with Gasteiger partial charge in [0, 0.05) is 38.9 Å². The summed E-state index contributed by atoms with van der Waals surface area (Å²) < 4.78 is 13.3. The van der Waals surface area contributed by atoms with Crippen LogP contribution in [0.5, 0.6) is 0 Å². The molecule has 0 radical (unpaired) electrons. The minimum absolute atomic E-state index is 0.170. The summed E-state index contributed by atoms with van der Waals surface area (Å²) in [6, 6.07) is 11.0. The SMILES string of the molecule is Fc1ccc2c(c1)CN(CN1CCN(c3ccccn3)CC1)N2. The first kappa shape index (κ1) is 14.4. The molecule has 0 aliphatic carbocycles. The molecule has 0 spiro atoms. The lowest BCUT2D eigenvalue weighted by molar-refractivity contribution is 0.148. The number of halogens is 1. The van der Waals surface area contributed by atoms with E-state index in [9.17, 15) is 4.39 Å². The predicted molar refractivity (Wildman–Crippen MR) is 88.5 cm³/mol. The minimum Gasteiger partial charge on any atom is -0.354 e. The Bertz CT molecular complexity index is 670. The van der Waals surface area contributed by atoms with Crippen LogP contribution in [0, 0.1) is 5.82 Å². The maximum absolute atomic E-state index is 13.3. The van der Waals surface area contributed by atoms with Gasteiger partial charge in [0.05, 0.1) is 12.4 Å². The molecule has 1 aromatic carbocycles. The van der Waals surface area contributed by atoms with Crippen molar-refractivity contribution in [1.29, 1.82) is 0 Å². The largest absolute Gasteiger partial charge is 0.354 e. The molecule has 120 valence electrons. The molecule has 4 rings (SSSR count). The van der Waals surface area contributed by atoms with E-state index in [1.165, 1.54) is 6.07 Å². The zero-order chi connectivity index (χ0) is 15.6. The molecule has 3 heterocycles. The fraction of sp³-hybridized carbons (Fsp3) is 0.353. The number of rotatable bonds is 3. The van der Waals surface area contributed by atoms with Crippen LogP contribution in [0.1, 0.15) is 5.56 Å². The average molecular weight is 313 g/mol. The molecule has 2 aliphatic heterocycles. The van der Waals surface area contributed by atoms with E-state index in [-0.39, 0.29) is 5.82 Å². The summed E-state index contributed by atoms with van der Waals surface area (Å²) in [4.78, 5) is 9.14. The van der Waals surface area contributed by atoms with Gasteiger partial charge in [0.25, 0.3) is 0 Å². The molecule has 2 aliphatic rings. The highest BCUT2D eigenvalue weighted by Gasteiger charge is 2.23. The van der Waals surface area contributed by atoms with Gasteiger partial charge < -0.3 is 10.3 Å². The van der Waals surface area contributed by atoms with Gasteiger partial charge in [-0.05, 0) is 35.9 Å². The number of aromatic nitrogens is 1. The summed E-state index contributed by atoms with van der Waals surface area (Å²) in [6.07, 6.45) is 1.84. The molecule has 1 saturated heterocycles. The number of anilines is 2. The molecule has 0 unspecified atom stereocenters. The second kappa shape index (κ2) is 6.14. The molecule has 2 aromatic rings. The molecule has 1 aromatic heterocycles. The van der Waals surface area contributed by atoms with Crippen molar-refractivity contribution in [2.75, 3.05) is 43.2 Å². The summed E-state index contributed by atoms with van der Waals surface area (Å²) >= 11 is 0. The van der Waals surface area contributed by atoms with Crippen molar-refractivity contribution in [2.24, 2.45) is 0 Å². The van der Waals surface area contributed by atoms with Crippen molar-refractivity contribution in [3.8, 4) is 0 Å². The zero-order valence-electron chi connectivity index (χ0n) is 13.0. The maximum Gasteiger partial charge on any atom is 0.128 e. The Labute approximate surface area is 135 Å². The van der Waals surface area contributed by atoms with Crippen LogP contribution in [-0.4, -0.2) is 47.7 Å². The van der Waals surface area contributed by atoms with Gasteiger partial charge in [0.2, 0.25) is 0 Å². The molecule has 23 heavy (non-hydrogen) atoms. The standard InChI is InChI=1S/C17H20FN5/c18-15-4-5-16-14(11-15)12-23(20-16)13-21-7-9-22(10-8-21)17-3-1-2-6-19-17/h1-6,11,20H,7-10,12-13H2. The minimum atomic E-state index is -0.170. The molecule has 0 atom stereocenters. The van der Waals surface area contributed by atoms with Gasteiger partial charge in [0.1, 0.15) is 11.6 Å². The van der Waals surface area contributed by atoms with Gasteiger partial charge in [-0.3, -0.25) is 4.90 Å². The number of hydrogen-bond donors (Lipinski definition) is 1. The third-order valence-corrected chi connectivity index (χ3v) is 4.42. The van der Waals surface area contributed by atoms with Crippen LogP contribution in [0.15, 0.2) is 42.6 Å². The summed E-state index contributed by atoms with van der Waals surface area (Å²) in [7, 11) is 0. The third kappa shape index (κ3) is 3.13. The molecular weight excluding hydrogens is 293 g/mol. The molecule has 5 nitrogen and oxygen atoms in total. The van der Waals surface area contributed by atoms with Crippen LogP contribution >= 0.6 is 0 Å². The Balaban J connectivity index is 1.31. The maximum atomic E-state index is 13.3. The molecule has 0 saturated carbocycles. The van der Waals surface area contributed by atoms with E-state index in [0.717, 1.165) is 56.5 Å². The van der Waals surface area contributed by atoms with Gasteiger partial charge in [-0.25, -0.2) is 14.4 Å². The lowest BCUT2D eigenvalue weighted by Crippen LogP contribution is -2.50. The first-order valence-electron chi connectivity index (χ1n) is 7.96. The highest BCUT2D eigenvalue weighted by Crippen LogP contribution is 2.26. The van der Waals surface area contributed by atoms with Crippen LogP contribution in [-0.2, 0) is 6.54 Å². The Morgan fingerprint density at radius 1 is 1.09 bits per heavy atom. The number of nitrogens with zero attached hydrogens (tertiary/aromatic N) is 4. The topological polar surface area (TPSA) is 34.6 Å². The number of pyridine rings is 1. The van der Waals surface area contributed by atoms with Crippen LogP contribution in [0.4, 0.5) is 15.9 Å². The van der Waals surface area contributed by atoms with E-state index in [1.807, 2.05) is 24.4 Å². The Kier molecular flexibility index (Phi) is 3.85. The lowest BCUT2D eigenvalue weighted by atomic mass is 10.2. The molecule has 1 N–H and O–H groups in total. The molecule has 6 heteroatoms. The average Bonchev–Trinajstić information content (AvgIpc) is 2.97. The van der Waals surface area contributed by atoms with Gasteiger partial charge in [0.15, 0.2) is 0 Å². The summed E-state index contributed by atoms with van der Waals surface area (Å²) in [6.45, 7) is 5.54. The Hall–Kier alpha value is -2.18. The van der Waals surface area contributed by atoms with Gasteiger partial charge in [-0.15, -0.1) is 0 Å². The first-order chi connectivity index (χ1) is 11.3. The predicted octanol–water partition coefficient (Wildman–Crippen LogP) is 2.14. The van der Waals surface area contributed by atoms with Crippen molar-refractivity contribution in [3.05, 3.63) is 54.0 Å². The summed E-state index contributed by atoms with van der Waals surface area (Å²) in [5.74, 6) is 0.880. The molecule has 1 fully saturated rings. The van der Waals surface area contributed by atoms with E-state index in [4.69, 9.17) is 0 Å². The van der Waals surface area contributed by atoms with E-state index in [1.54, 1.807) is 6.07 Å². The Morgan fingerprint density at radius 3 is 2.74 bits per heavy atom. The van der Waals surface area contributed by atoms with Crippen molar-refractivity contribution >= 4 is 11.5 Å².